The zero-order valence-corrected chi connectivity index (χ0v) is 19.2. The van der Waals surface area contributed by atoms with E-state index in [1.807, 2.05) is 0 Å². The number of halogens is 2. The lowest BCUT2D eigenvalue weighted by Crippen LogP contribution is -2.35. The predicted octanol–water partition coefficient (Wildman–Crippen LogP) is 3.33. The van der Waals surface area contributed by atoms with Gasteiger partial charge in [-0.2, -0.15) is 0 Å². The Morgan fingerprint density at radius 2 is 2.09 bits per heavy atom. The molecule has 0 fully saturated rings. The molecule has 3 aromatic rings. The SMILES string of the molecule is CCCS(=O)(=O)Nc1ccc(F)c(Cc2c[nH]c3ncc(NC(=O)C4C=C(C)ON4)cc23)c1F. The van der Waals surface area contributed by atoms with Gasteiger partial charge in [-0.05, 0) is 43.2 Å². The summed E-state index contributed by atoms with van der Waals surface area (Å²) in [6.45, 7) is 3.39. The summed E-state index contributed by atoms with van der Waals surface area (Å²) < 4.78 is 55.9. The van der Waals surface area contributed by atoms with E-state index in [-0.39, 0.29) is 29.3 Å². The van der Waals surface area contributed by atoms with Gasteiger partial charge >= 0.3 is 0 Å². The molecule has 2 aromatic heterocycles. The van der Waals surface area contributed by atoms with Crippen molar-refractivity contribution in [1.29, 1.82) is 0 Å². The van der Waals surface area contributed by atoms with Crippen molar-refractivity contribution in [3.63, 3.8) is 0 Å². The first-order valence-corrected chi connectivity index (χ1v) is 12.2. The second-order valence-corrected chi connectivity index (χ2v) is 9.73. The van der Waals surface area contributed by atoms with Crippen molar-refractivity contribution < 1.29 is 26.8 Å². The number of rotatable bonds is 8. The van der Waals surface area contributed by atoms with Crippen LogP contribution in [0.1, 0.15) is 31.4 Å². The summed E-state index contributed by atoms with van der Waals surface area (Å²) in [5.74, 6) is -1.76. The molecule has 0 bridgehead atoms. The van der Waals surface area contributed by atoms with Gasteiger partial charge in [0, 0.05) is 23.6 Å². The molecule has 1 unspecified atom stereocenters. The number of aromatic nitrogens is 2. The molecular formula is C22H23F2N5O4S. The number of benzene rings is 1. The number of nitrogens with zero attached hydrogens (tertiary/aromatic N) is 1. The molecule has 4 rings (SSSR count). The van der Waals surface area contributed by atoms with Crippen molar-refractivity contribution in [2.45, 2.75) is 32.7 Å². The summed E-state index contributed by atoms with van der Waals surface area (Å²) in [5, 5.41) is 3.27. The highest BCUT2D eigenvalue weighted by molar-refractivity contribution is 7.92. The van der Waals surface area contributed by atoms with Crippen LogP contribution in [0, 0.1) is 11.6 Å². The van der Waals surface area contributed by atoms with E-state index in [0.29, 0.717) is 34.5 Å². The van der Waals surface area contributed by atoms with Crippen molar-refractivity contribution in [2.75, 3.05) is 15.8 Å². The lowest BCUT2D eigenvalue weighted by atomic mass is 10.0. The number of aromatic amines is 1. The van der Waals surface area contributed by atoms with Crippen molar-refractivity contribution in [3.05, 3.63) is 65.2 Å². The van der Waals surface area contributed by atoms with Gasteiger partial charge in [-0.15, -0.1) is 5.48 Å². The lowest BCUT2D eigenvalue weighted by molar-refractivity contribution is -0.118. The fraction of sp³-hybridized carbons (Fsp3) is 0.273. The smallest absolute Gasteiger partial charge is 0.249 e. The number of amides is 1. The topological polar surface area (TPSA) is 125 Å². The van der Waals surface area contributed by atoms with Crippen LogP contribution >= 0.6 is 0 Å². The Morgan fingerprint density at radius 3 is 2.79 bits per heavy atom. The summed E-state index contributed by atoms with van der Waals surface area (Å²) in [4.78, 5) is 24.7. The summed E-state index contributed by atoms with van der Waals surface area (Å²) in [6, 6.07) is 3.06. The van der Waals surface area contributed by atoms with Crippen LogP contribution in [0.25, 0.3) is 11.0 Å². The standard InChI is InChI=1S/C22H23F2N5O4S/c1-3-6-34(31,32)29-18-5-4-17(23)16(20(18)24)8-13-10-25-21-15(13)9-14(11-26-21)27-22(30)19-7-12(2)33-28-19/h4-5,7,9-11,19,28-29H,3,6,8H2,1-2H3,(H,25,26)(H,27,30). The van der Waals surface area contributed by atoms with Gasteiger partial charge in [-0.3, -0.25) is 9.52 Å². The highest BCUT2D eigenvalue weighted by Crippen LogP contribution is 2.28. The molecule has 0 saturated heterocycles. The maximum Gasteiger partial charge on any atom is 0.249 e. The molecule has 180 valence electrons. The number of hydrogen-bond acceptors (Lipinski definition) is 6. The largest absolute Gasteiger partial charge is 0.413 e. The fourth-order valence-electron chi connectivity index (χ4n) is 3.60. The Kier molecular flexibility index (Phi) is 6.53. The van der Waals surface area contributed by atoms with Crippen LogP contribution in [0.4, 0.5) is 20.2 Å². The Bertz CT molecular complexity index is 1390. The molecule has 9 nitrogen and oxygen atoms in total. The number of H-pyrrole nitrogens is 1. The molecule has 12 heteroatoms. The summed E-state index contributed by atoms with van der Waals surface area (Å²) in [5.41, 5.74) is 3.35. The molecule has 1 aliphatic heterocycles. The van der Waals surface area contributed by atoms with E-state index in [1.165, 1.54) is 6.20 Å². The third-order valence-electron chi connectivity index (χ3n) is 5.21. The number of carbonyl (C=O) groups is 1. The van der Waals surface area contributed by atoms with Crippen molar-refractivity contribution in [1.82, 2.24) is 15.4 Å². The molecule has 1 aromatic carbocycles. The molecule has 0 aliphatic carbocycles. The van der Waals surface area contributed by atoms with Crippen LogP contribution in [0.3, 0.4) is 0 Å². The molecule has 34 heavy (non-hydrogen) atoms. The van der Waals surface area contributed by atoms with E-state index in [9.17, 15) is 17.6 Å². The zero-order chi connectivity index (χ0) is 24.5. The number of allylic oxidation sites excluding steroid dienone is 1. The molecule has 0 saturated carbocycles. The minimum absolute atomic E-state index is 0.167. The molecule has 1 amide bonds. The Labute approximate surface area is 194 Å². The highest BCUT2D eigenvalue weighted by Gasteiger charge is 2.23. The number of carbonyl (C=O) groups excluding carboxylic acids is 1. The van der Waals surface area contributed by atoms with Gasteiger partial charge in [0.25, 0.3) is 0 Å². The van der Waals surface area contributed by atoms with Gasteiger partial charge in [0.2, 0.25) is 15.9 Å². The van der Waals surface area contributed by atoms with Gasteiger partial charge in [0.15, 0.2) is 5.82 Å². The number of hydrogen-bond donors (Lipinski definition) is 4. The van der Waals surface area contributed by atoms with Crippen LogP contribution in [0.5, 0.6) is 0 Å². The molecule has 0 radical (unpaired) electrons. The lowest BCUT2D eigenvalue weighted by Gasteiger charge is -2.12. The quantitative estimate of drug-likeness (QED) is 0.383. The minimum Gasteiger partial charge on any atom is -0.413 e. The van der Waals surface area contributed by atoms with Crippen LogP contribution < -0.4 is 15.5 Å². The van der Waals surface area contributed by atoms with Crippen LogP contribution in [-0.4, -0.2) is 36.1 Å². The number of sulfonamides is 1. The van der Waals surface area contributed by atoms with Gasteiger partial charge in [0.05, 0.1) is 23.3 Å². The van der Waals surface area contributed by atoms with E-state index in [2.05, 4.69) is 25.5 Å². The van der Waals surface area contributed by atoms with Crippen LogP contribution in [0.2, 0.25) is 0 Å². The average molecular weight is 492 g/mol. The van der Waals surface area contributed by atoms with E-state index < -0.39 is 27.7 Å². The van der Waals surface area contributed by atoms with E-state index in [1.54, 1.807) is 32.2 Å². The normalized spacial score (nSPS) is 15.8. The summed E-state index contributed by atoms with van der Waals surface area (Å²) >= 11 is 0. The Morgan fingerprint density at radius 1 is 1.29 bits per heavy atom. The maximum atomic E-state index is 15.1. The Balaban J connectivity index is 1.60. The van der Waals surface area contributed by atoms with Gasteiger partial charge in [-0.1, -0.05) is 6.92 Å². The summed E-state index contributed by atoms with van der Waals surface area (Å²) in [7, 11) is -3.75. The third-order valence-corrected chi connectivity index (χ3v) is 6.68. The van der Waals surface area contributed by atoms with E-state index in [4.69, 9.17) is 4.84 Å². The van der Waals surface area contributed by atoms with Gasteiger partial charge in [0.1, 0.15) is 23.3 Å². The molecular weight excluding hydrogens is 468 g/mol. The van der Waals surface area contributed by atoms with Crippen LogP contribution in [-0.2, 0) is 26.1 Å². The monoisotopic (exact) mass is 491 g/mol. The van der Waals surface area contributed by atoms with Gasteiger partial charge < -0.3 is 15.1 Å². The molecule has 4 N–H and O–H groups in total. The fourth-order valence-corrected chi connectivity index (χ4v) is 4.73. The highest BCUT2D eigenvalue weighted by atomic mass is 32.2. The number of anilines is 2. The number of fused-ring (bicyclic) bond motifs is 1. The maximum absolute atomic E-state index is 15.1. The number of nitrogens with one attached hydrogen (secondary N) is 4. The average Bonchev–Trinajstić information content (AvgIpc) is 3.39. The zero-order valence-electron chi connectivity index (χ0n) is 18.4. The second-order valence-electron chi connectivity index (χ2n) is 7.88. The first-order chi connectivity index (χ1) is 16.2. The minimum atomic E-state index is -3.75. The first-order valence-electron chi connectivity index (χ1n) is 10.5. The molecule has 1 atom stereocenters. The number of hydroxylamine groups is 1. The van der Waals surface area contributed by atoms with Crippen molar-refractivity contribution >= 4 is 38.3 Å². The van der Waals surface area contributed by atoms with Crippen molar-refractivity contribution in [2.24, 2.45) is 0 Å². The van der Waals surface area contributed by atoms with Crippen LogP contribution in [0.15, 0.2) is 42.4 Å². The predicted molar refractivity (Wildman–Crippen MR) is 123 cm³/mol. The first kappa shape index (κ1) is 23.6. The number of pyridine rings is 1. The summed E-state index contributed by atoms with van der Waals surface area (Å²) in [6.07, 6.45) is 4.83. The van der Waals surface area contributed by atoms with E-state index >= 15 is 4.39 Å². The molecule has 0 spiro atoms. The molecule has 1 aliphatic rings. The Hall–Kier alpha value is -3.51. The molecule has 3 heterocycles. The van der Waals surface area contributed by atoms with Crippen molar-refractivity contribution in [3.8, 4) is 0 Å². The second kappa shape index (κ2) is 9.39. The van der Waals surface area contributed by atoms with E-state index in [0.717, 1.165) is 12.1 Å². The third kappa shape index (κ3) is 5.02. The van der Waals surface area contributed by atoms with Gasteiger partial charge in [-0.25, -0.2) is 22.2 Å².